The van der Waals surface area contributed by atoms with Gasteiger partial charge >= 0.3 is 0 Å². The molecular weight excluding hydrogens is 530 g/mol. The summed E-state index contributed by atoms with van der Waals surface area (Å²) in [6.45, 7) is 4.20. The molecule has 4 aromatic carbocycles. The molecule has 0 radical (unpaired) electrons. The molecule has 4 aromatic rings. The van der Waals surface area contributed by atoms with E-state index in [0.29, 0.717) is 30.0 Å². The van der Waals surface area contributed by atoms with Crippen molar-refractivity contribution in [1.82, 2.24) is 10.3 Å². The van der Waals surface area contributed by atoms with Crippen LogP contribution >= 0.6 is 0 Å². The zero-order valence-electron chi connectivity index (χ0n) is 24.6. The molecule has 2 amide bonds. The third-order valence-corrected chi connectivity index (χ3v) is 6.93. The topological polar surface area (TPSA) is 89.1 Å². The van der Waals surface area contributed by atoms with Crippen molar-refractivity contribution in [3.63, 3.8) is 0 Å². The molecule has 0 spiro atoms. The Labute approximate surface area is 247 Å². The lowest BCUT2D eigenvalue weighted by atomic mass is 9.99. The number of hydrogen-bond acceptors (Lipinski definition) is 6. The van der Waals surface area contributed by atoms with Crippen LogP contribution in [0.4, 0.5) is 5.69 Å². The number of hydrogen-bond donors (Lipinski definition) is 2. The highest BCUT2D eigenvalue weighted by Crippen LogP contribution is 2.32. The first-order chi connectivity index (χ1) is 20.3. The zero-order valence-corrected chi connectivity index (χ0v) is 24.6. The summed E-state index contributed by atoms with van der Waals surface area (Å²) in [5.74, 6) is 1.47. The third-order valence-electron chi connectivity index (χ3n) is 6.93. The molecule has 8 nitrogen and oxygen atoms in total. The van der Waals surface area contributed by atoms with E-state index < -0.39 is 6.04 Å². The summed E-state index contributed by atoms with van der Waals surface area (Å²) in [6, 6.07) is 27.5. The smallest absolute Gasteiger partial charge is 0.263 e. The standard InChI is InChI=1S/C34H37N3O5/c1-6-37(36-28-15-17-29(40-3)18-16-28)34(39)30(35-33(38)27-9-7-8-23(2)20-27)21-24-10-12-25(13-11-24)26-14-19-31(41-4)32(22-26)42-5/h7-20,22,30,36H,6,21H2,1-5H3,(H,35,38). The Morgan fingerprint density at radius 1 is 0.786 bits per heavy atom. The van der Waals surface area contributed by atoms with Crippen LogP contribution in [0.1, 0.15) is 28.4 Å². The van der Waals surface area contributed by atoms with Crippen LogP contribution in [0.3, 0.4) is 0 Å². The predicted molar refractivity (Wildman–Crippen MR) is 165 cm³/mol. The summed E-state index contributed by atoms with van der Waals surface area (Å²) in [5.41, 5.74) is 8.24. The number of hydrazine groups is 1. The van der Waals surface area contributed by atoms with Gasteiger partial charge in [0.25, 0.3) is 11.8 Å². The van der Waals surface area contributed by atoms with Crippen molar-refractivity contribution < 1.29 is 23.8 Å². The molecule has 0 fully saturated rings. The van der Waals surface area contributed by atoms with Crippen LogP contribution in [-0.4, -0.2) is 50.7 Å². The first kappa shape index (κ1) is 30.0. The van der Waals surface area contributed by atoms with Gasteiger partial charge in [-0.3, -0.25) is 20.0 Å². The van der Waals surface area contributed by atoms with Gasteiger partial charge in [-0.25, -0.2) is 0 Å². The fraction of sp³-hybridized carbons (Fsp3) is 0.235. The van der Waals surface area contributed by atoms with Gasteiger partial charge in [-0.1, -0.05) is 48.0 Å². The molecule has 218 valence electrons. The summed E-state index contributed by atoms with van der Waals surface area (Å²) in [6.07, 6.45) is 0.309. The van der Waals surface area contributed by atoms with Crippen molar-refractivity contribution in [2.24, 2.45) is 0 Å². The molecule has 0 aromatic heterocycles. The molecule has 0 aliphatic rings. The minimum absolute atomic E-state index is 0.252. The fourth-order valence-corrected chi connectivity index (χ4v) is 4.61. The normalized spacial score (nSPS) is 11.3. The molecule has 8 heteroatoms. The second kappa shape index (κ2) is 14.1. The van der Waals surface area contributed by atoms with E-state index in [1.807, 2.05) is 98.8 Å². The molecule has 0 aliphatic carbocycles. The van der Waals surface area contributed by atoms with Crippen LogP contribution in [0, 0.1) is 6.92 Å². The SMILES string of the molecule is CCN(Nc1ccc(OC)cc1)C(=O)C(Cc1ccc(-c2ccc(OC)c(OC)c2)cc1)NC(=O)c1cccc(C)c1. The van der Waals surface area contributed by atoms with Crippen LogP contribution in [0.25, 0.3) is 11.1 Å². The minimum Gasteiger partial charge on any atom is -0.497 e. The summed E-state index contributed by atoms with van der Waals surface area (Å²) in [7, 11) is 4.82. The third kappa shape index (κ3) is 7.40. The van der Waals surface area contributed by atoms with E-state index in [9.17, 15) is 9.59 Å². The second-order valence-corrected chi connectivity index (χ2v) is 9.79. The van der Waals surface area contributed by atoms with E-state index >= 15 is 0 Å². The number of rotatable bonds is 12. The van der Waals surface area contributed by atoms with Gasteiger partial charge in [0.05, 0.1) is 27.0 Å². The van der Waals surface area contributed by atoms with E-state index in [4.69, 9.17) is 14.2 Å². The monoisotopic (exact) mass is 567 g/mol. The lowest BCUT2D eigenvalue weighted by Crippen LogP contribution is -2.51. The summed E-state index contributed by atoms with van der Waals surface area (Å²) < 4.78 is 16.0. The summed E-state index contributed by atoms with van der Waals surface area (Å²) in [5, 5.41) is 4.50. The highest BCUT2D eigenvalue weighted by Gasteiger charge is 2.26. The van der Waals surface area contributed by atoms with Gasteiger partial charge in [-0.05, 0) is 79.1 Å². The molecule has 2 N–H and O–H groups in total. The average molecular weight is 568 g/mol. The Morgan fingerprint density at radius 3 is 2.10 bits per heavy atom. The van der Waals surface area contributed by atoms with Crippen molar-refractivity contribution >= 4 is 17.5 Å². The number of methoxy groups -OCH3 is 3. The van der Waals surface area contributed by atoms with Crippen molar-refractivity contribution in [3.8, 4) is 28.4 Å². The quantitative estimate of drug-likeness (QED) is 0.207. The molecular formula is C34H37N3O5. The second-order valence-electron chi connectivity index (χ2n) is 9.79. The van der Waals surface area contributed by atoms with E-state index in [1.54, 1.807) is 27.4 Å². The van der Waals surface area contributed by atoms with Crippen molar-refractivity contribution in [2.75, 3.05) is 33.3 Å². The first-order valence-corrected chi connectivity index (χ1v) is 13.8. The number of ether oxygens (including phenoxy) is 3. The maximum Gasteiger partial charge on any atom is 0.263 e. The minimum atomic E-state index is -0.810. The van der Waals surface area contributed by atoms with E-state index in [1.165, 1.54) is 5.01 Å². The number of anilines is 1. The lowest BCUT2D eigenvalue weighted by Gasteiger charge is -2.28. The number of nitrogens with one attached hydrogen (secondary N) is 2. The maximum atomic E-state index is 13.9. The largest absolute Gasteiger partial charge is 0.497 e. The number of aryl methyl sites for hydroxylation is 1. The van der Waals surface area contributed by atoms with Gasteiger partial charge in [0.1, 0.15) is 11.8 Å². The fourth-order valence-electron chi connectivity index (χ4n) is 4.61. The molecule has 0 heterocycles. The van der Waals surface area contributed by atoms with Gasteiger partial charge in [-0.2, -0.15) is 0 Å². The first-order valence-electron chi connectivity index (χ1n) is 13.8. The van der Waals surface area contributed by atoms with Gasteiger partial charge in [0, 0.05) is 18.5 Å². The van der Waals surface area contributed by atoms with Crippen LogP contribution in [0.15, 0.2) is 91.0 Å². The highest BCUT2D eigenvalue weighted by atomic mass is 16.5. The van der Waals surface area contributed by atoms with Gasteiger partial charge in [-0.15, -0.1) is 0 Å². The Kier molecular flexibility index (Phi) is 10.1. The maximum absolute atomic E-state index is 13.9. The molecule has 0 bridgehead atoms. The van der Waals surface area contributed by atoms with Gasteiger partial charge < -0.3 is 19.5 Å². The lowest BCUT2D eigenvalue weighted by molar-refractivity contribution is -0.131. The van der Waals surface area contributed by atoms with Gasteiger partial charge in [0.15, 0.2) is 11.5 Å². The summed E-state index contributed by atoms with van der Waals surface area (Å²) in [4.78, 5) is 27.1. The molecule has 4 rings (SSSR count). The zero-order chi connectivity index (χ0) is 30.1. The molecule has 1 atom stereocenters. The Morgan fingerprint density at radius 2 is 1.48 bits per heavy atom. The Bertz CT molecular complexity index is 1500. The van der Waals surface area contributed by atoms with Crippen LogP contribution < -0.4 is 25.0 Å². The number of nitrogens with zero attached hydrogens (tertiary/aromatic N) is 1. The Balaban J connectivity index is 1.57. The number of carbonyl (C=O) groups excluding carboxylic acids is 2. The molecule has 1 unspecified atom stereocenters. The molecule has 0 aliphatic heterocycles. The number of carbonyl (C=O) groups is 2. The van der Waals surface area contributed by atoms with Gasteiger partial charge in [0.2, 0.25) is 0 Å². The number of likely N-dealkylation sites (N-methyl/N-ethyl adjacent to an activating group) is 1. The molecule has 42 heavy (non-hydrogen) atoms. The highest BCUT2D eigenvalue weighted by molar-refractivity contribution is 5.98. The Hall–Kier alpha value is -4.98. The molecule has 0 saturated heterocycles. The summed E-state index contributed by atoms with van der Waals surface area (Å²) >= 11 is 0. The van der Waals surface area contributed by atoms with Crippen LogP contribution in [0.2, 0.25) is 0 Å². The number of benzene rings is 4. The van der Waals surface area contributed by atoms with E-state index in [0.717, 1.165) is 33.7 Å². The van der Waals surface area contributed by atoms with E-state index in [2.05, 4.69) is 10.7 Å². The van der Waals surface area contributed by atoms with Crippen molar-refractivity contribution in [2.45, 2.75) is 26.3 Å². The number of amides is 2. The van der Waals surface area contributed by atoms with Crippen molar-refractivity contribution in [3.05, 3.63) is 108 Å². The average Bonchev–Trinajstić information content (AvgIpc) is 3.03. The predicted octanol–water partition coefficient (Wildman–Crippen LogP) is 5.90. The van der Waals surface area contributed by atoms with Crippen LogP contribution in [-0.2, 0) is 11.2 Å². The van der Waals surface area contributed by atoms with E-state index in [-0.39, 0.29) is 11.8 Å². The van der Waals surface area contributed by atoms with Crippen molar-refractivity contribution in [1.29, 1.82) is 0 Å². The molecule has 0 saturated carbocycles. The van der Waals surface area contributed by atoms with Crippen LogP contribution in [0.5, 0.6) is 17.2 Å².